The minimum atomic E-state index is 0. The van der Waals surface area contributed by atoms with Crippen LogP contribution in [0.5, 0.6) is 0 Å². The second-order valence-electron chi connectivity index (χ2n) is 6.00. The Bertz CT molecular complexity index is 514. The first-order valence-electron chi connectivity index (χ1n) is 7.58. The van der Waals surface area contributed by atoms with Gasteiger partial charge in [-0.3, -0.25) is 15.4 Å². The van der Waals surface area contributed by atoms with Gasteiger partial charge in [0, 0.05) is 42.6 Å². The van der Waals surface area contributed by atoms with Gasteiger partial charge in [0.25, 0.3) is 0 Å². The van der Waals surface area contributed by atoms with Gasteiger partial charge in [-0.15, -0.1) is 0 Å². The summed E-state index contributed by atoms with van der Waals surface area (Å²) < 4.78 is 0. The zero-order chi connectivity index (χ0) is 14.7. The molecule has 1 aromatic rings. The number of rotatable bonds is 2. The Morgan fingerprint density at radius 3 is 2.41 bits per heavy atom. The third-order valence-corrected chi connectivity index (χ3v) is 4.81. The van der Waals surface area contributed by atoms with Gasteiger partial charge in [0.15, 0.2) is 5.11 Å². The molecule has 0 unspecified atom stereocenters. The van der Waals surface area contributed by atoms with Crippen LogP contribution < -0.4 is 5.43 Å². The zero-order valence-electron chi connectivity index (χ0n) is 12.6. The van der Waals surface area contributed by atoms with Gasteiger partial charge in [-0.1, -0.05) is 0 Å². The number of hydrogen-bond donors (Lipinski definition) is 1. The number of nitrogens with one attached hydrogen (secondary N) is 1. The molecule has 5 nitrogen and oxygen atoms in total. The molecule has 7 heteroatoms. The summed E-state index contributed by atoms with van der Waals surface area (Å²) in [6, 6.07) is 0. The number of fused-ring (bicyclic) bond motifs is 4. The van der Waals surface area contributed by atoms with Crippen molar-refractivity contribution in [3.8, 4) is 0 Å². The molecule has 1 aliphatic carbocycles. The molecule has 0 atom stereocenters. The summed E-state index contributed by atoms with van der Waals surface area (Å²) in [5, 5.41) is 5.09. The molecule has 0 amide bonds. The molecule has 1 saturated carbocycles. The maximum absolute atomic E-state index is 5.51. The number of hydrogen-bond acceptors (Lipinski definition) is 4. The van der Waals surface area contributed by atoms with E-state index in [0.717, 1.165) is 41.4 Å². The van der Waals surface area contributed by atoms with Crippen molar-refractivity contribution < 1.29 is 17.1 Å². The maximum Gasteiger partial charge on any atom is 0.189 e. The molecular formula is C15H21CuN5S. The van der Waals surface area contributed by atoms with Crippen molar-refractivity contribution in [3.63, 3.8) is 0 Å². The molecule has 2 saturated heterocycles. The van der Waals surface area contributed by atoms with Crippen molar-refractivity contribution in [2.45, 2.75) is 32.6 Å². The van der Waals surface area contributed by atoms with Crippen molar-refractivity contribution in [2.75, 3.05) is 13.1 Å². The Labute approximate surface area is 147 Å². The predicted molar refractivity (Wildman–Crippen MR) is 87.0 cm³/mol. The molecule has 3 fully saturated rings. The van der Waals surface area contributed by atoms with Gasteiger partial charge in [0.2, 0.25) is 0 Å². The van der Waals surface area contributed by atoms with E-state index in [9.17, 15) is 0 Å². The van der Waals surface area contributed by atoms with Crippen LogP contribution in [0.25, 0.3) is 0 Å². The second-order valence-corrected chi connectivity index (χ2v) is 6.38. The Morgan fingerprint density at radius 2 is 1.86 bits per heavy atom. The van der Waals surface area contributed by atoms with Crippen LogP contribution in [0.3, 0.4) is 0 Å². The van der Waals surface area contributed by atoms with E-state index in [0.29, 0.717) is 0 Å². The largest absolute Gasteiger partial charge is 0.347 e. The molecule has 1 N–H and O–H groups in total. The Balaban J connectivity index is 0.00000176. The summed E-state index contributed by atoms with van der Waals surface area (Å²) in [5.41, 5.74) is 4.59. The topological polar surface area (TPSA) is 53.4 Å². The van der Waals surface area contributed by atoms with E-state index in [1.807, 2.05) is 6.92 Å². The molecule has 123 valence electrons. The molecule has 2 bridgehead atoms. The average Bonchev–Trinajstić information content (AvgIpc) is 2.87. The van der Waals surface area contributed by atoms with Crippen molar-refractivity contribution in [1.82, 2.24) is 20.3 Å². The van der Waals surface area contributed by atoms with E-state index >= 15 is 0 Å². The van der Waals surface area contributed by atoms with Crippen molar-refractivity contribution in [3.05, 3.63) is 24.3 Å². The van der Waals surface area contributed by atoms with Crippen LogP contribution in [0.1, 0.15) is 38.3 Å². The fourth-order valence-electron chi connectivity index (χ4n) is 3.21. The van der Waals surface area contributed by atoms with Crippen LogP contribution in [0.15, 0.2) is 23.7 Å². The Morgan fingerprint density at radius 1 is 1.23 bits per heavy atom. The summed E-state index contributed by atoms with van der Waals surface area (Å²) in [5.74, 6) is 1.60. The van der Waals surface area contributed by atoms with Crippen LogP contribution in [-0.4, -0.2) is 38.8 Å². The van der Waals surface area contributed by atoms with E-state index in [1.165, 1.54) is 25.7 Å². The average molecular weight is 367 g/mol. The van der Waals surface area contributed by atoms with Gasteiger partial charge < -0.3 is 4.90 Å². The molecule has 1 aromatic heterocycles. The van der Waals surface area contributed by atoms with E-state index in [2.05, 4.69) is 25.4 Å². The van der Waals surface area contributed by atoms with Gasteiger partial charge in [-0.2, -0.15) is 5.10 Å². The van der Waals surface area contributed by atoms with Crippen LogP contribution in [0.2, 0.25) is 0 Å². The Kier molecular flexibility index (Phi) is 6.29. The van der Waals surface area contributed by atoms with Gasteiger partial charge in [-0.05, 0) is 56.7 Å². The quantitative estimate of drug-likeness (QED) is 0.376. The molecule has 3 aliphatic rings. The molecule has 3 heterocycles. The second kappa shape index (κ2) is 7.99. The Hall–Kier alpha value is -1.04. The molecule has 0 aromatic carbocycles. The monoisotopic (exact) mass is 366 g/mol. The van der Waals surface area contributed by atoms with E-state index < -0.39 is 0 Å². The fraction of sp³-hybridized carbons (Fsp3) is 0.600. The third-order valence-electron chi connectivity index (χ3n) is 4.46. The number of nitrogens with zero attached hydrogens (tertiary/aromatic N) is 4. The van der Waals surface area contributed by atoms with Crippen LogP contribution in [0, 0.1) is 11.8 Å². The minimum absolute atomic E-state index is 0. The third kappa shape index (κ3) is 4.24. The van der Waals surface area contributed by atoms with Crippen molar-refractivity contribution >= 4 is 23.0 Å². The summed E-state index contributed by atoms with van der Waals surface area (Å²) in [7, 11) is 0. The summed E-state index contributed by atoms with van der Waals surface area (Å²) >= 11 is 5.51. The predicted octanol–water partition coefficient (Wildman–Crippen LogP) is 2.19. The minimum Gasteiger partial charge on any atom is -0.347 e. The van der Waals surface area contributed by atoms with Gasteiger partial charge >= 0.3 is 0 Å². The normalized spacial score (nSPS) is 24.4. The summed E-state index contributed by atoms with van der Waals surface area (Å²) in [6.07, 6.45) is 10.4. The smallest absolute Gasteiger partial charge is 0.189 e. The first kappa shape index (κ1) is 17.3. The molecule has 22 heavy (non-hydrogen) atoms. The molecular weight excluding hydrogens is 346 g/mol. The van der Waals surface area contributed by atoms with Gasteiger partial charge in [0.1, 0.15) is 5.69 Å². The fourth-order valence-corrected chi connectivity index (χ4v) is 3.40. The van der Waals surface area contributed by atoms with Crippen molar-refractivity contribution in [1.29, 1.82) is 0 Å². The maximum atomic E-state index is 5.51. The van der Waals surface area contributed by atoms with E-state index in [1.54, 1.807) is 18.6 Å². The van der Waals surface area contributed by atoms with Crippen LogP contribution in [0.4, 0.5) is 0 Å². The first-order chi connectivity index (χ1) is 10.2. The number of thiocarbonyl (C=S) groups is 1. The molecule has 1 radical (unpaired) electrons. The molecule has 0 spiro atoms. The van der Waals surface area contributed by atoms with Crippen LogP contribution >= 0.6 is 12.2 Å². The van der Waals surface area contributed by atoms with Crippen LogP contribution in [-0.2, 0) is 17.1 Å². The first-order valence-corrected chi connectivity index (χ1v) is 7.99. The van der Waals surface area contributed by atoms with E-state index in [4.69, 9.17) is 12.2 Å². The van der Waals surface area contributed by atoms with Gasteiger partial charge in [0.05, 0.1) is 11.9 Å². The zero-order valence-corrected chi connectivity index (χ0v) is 14.4. The number of hydrazone groups is 1. The van der Waals surface area contributed by atoms with Crippen molar-refractivity contribution in [2.24, 2.45) is 16.9 Å². The SMILES string of the molecule is C/C(=N\NC(=S)N1CC2CCC(CC2)C1)c1cnccn1.[Cu]. The summed E-state index contributed by atoms with van der Waals surface area (Å²) in [4.78, 5) is 10.6. The number of aromatic nitrogens is 2. The van der Waals surface area contributed by atoms with E-state index in [-0.39, 0.29) is 17.1 Å². The summed E-state index contributed by atoms with van der Waals surface area (Å²) in [6.45, 7) is 4.05. The standard InChI is InChI=1S/C15H21N5S.Cu/c1-11(14-8-16-6-7-17-14)18-19-15(21)20-9-12-2-3-13(10-20)5-4-12;/h6-8,12-13H,2-5,9-10H2,1H3,(H,19,21);/b18-11+;. The molecule has 2 aliphatic heterocycles. The molecule has 4 rings (SSSR count). The van der Waals surface area contributed by atoms with Gasteiger partial charge in [-0.25, -0.2) is 0 Å².